The van der Waals surface area contributed by atoms with Crippen molar-refractivity contribution in [3.8, 4) is 11.1 Å². The Bertz CT molecular complexity index is 858. The normalized spacial score (nSPS) is 17.3. The first kappa shape index (κ1) is 19.5. The van der Waals surface area contributed by atoms with Crippen LogP contribution in [-0.4, -0.2) is 35.2 Å². The molecule has 5 heteroatoms. The van der Waals surface area contributed by atoms with Crippen molar-refractivity contribution in [2.45, 2.75) is 50.6 Å². The highest BCUT2D eigenvalue weighted by Crippen LogP contribution is 2.47. The molecule has 1 atom stereocenters. The Hall–Kier alpha value is -2.82. The van der Waals surface area contributed by atoms with Crippen LogP contribution in [0.5, 0.6) is 0 Å². The van der Waals surface area contributed by atoms with Gasteiger partial charge in [-0.15, -0.1) is 0 Å². The van der Waals surface area contributed by atoms with Crippen LogP contribution in [0.1, 0.15) is 55.7 Å². The van der Waals surface area contributed by atoms with E-state index in [4.69, 9.17) is 4.74 Å². The second-order valence-electron chi connectivity index (χ2n) is 8.05. The fourth-order valence-corrected chi connectivity index (χ4v) is 5.02. The SMILES string of the molecule is COC(=O)N(C1c2ccccc2-c2ccccc21)[C@@H](CC1CCCCC1)C(=O)O. The van der Waals surface area contributed by atoms with Crippen molar-refractivity contribution < 1.29 is 19.4 Å². The molecule has 2 aromatic rings. The molecule has 2 aliphatic rings. The summed E-state index contributed by atoms with van der Waals surface area (Å²) in [7, 11) is 1.32. The van der Waals surface area contributed by atoms with Gasteiger partial charge in [0.2, 0.25) is 0 Å². The first-order valence-electron chi connectivity index (χ1n) is 10.4. The summed E-state index contributed by atoms with van der Waals surface area (Å²) in [5.74, 6) is -0.647. The molecule has 152 valence electrons. The number of aliphatic carboxylic acids is 1. The Labute approximate surface area is 171 Å². The minimum Gasteiger partial charge on any atom is -0.480 e. The molecule has 0 bridgehead atoms. The molecule has 2 aliphatic carbocycles. The van der Waals surface area contributed by atoms with Crippen LogP contribution in [0.3, 0.4) is 0 Å². The molecule has 0 unspecified atom stereocenters. The number of carboxylic acid groups (broad SMARTS) is 1. The van der Waals surface area contributed by atoms with E-state index in [0.717, 1.165) is 47.9 Å². The number of hydrogen-bond acceptors (Lipinski definition) is 3. The van der Waals surface area contributed by atoms with Crippen molar-refractivity contribution in [2.75, 3.05) is 7.11 Å². The Morgan fingerprint density at radius 1 is 1.00 bits per heavy atom. The third-order valence-corrected chi connectivity index (χ3v) is 6.37. The third kappa shape index (κ3) is 3.61. The lowest BCUT2D eigenvalue weighted by molar-refractivity contribution is -0.144. The van der Waals surface area contributed by atoms with E-state index < -0.39 is 24.1 Å². The third-order valence-electron chi connectivity index (χ3n) is 6.37. The van der Waals surface area contributed by atoms with E-state index in [1.54, 1.807) is 0 Å². The smallest absolute Gasteiger partial charge is 0.411 e. The summed E-state index contributed by atoms with van der Waals surface area (Å²) in [6.45, 7) is 0. The Morgan fingerprint density at radius 3 is 2.07 bits per heavy atom. The van der Waals surface area contributed by atoms with E-state index in [1.165, 1.54) is 18.4 Å². The van der Waals surface area contributed by atoms with E-state index in [1.807, 2.05) is 48.5 Å². The van der Waals surface area contributed by atoms with Crippen molar-refractivity contribution in [1.29, 1.82) is 0 Å². The predicted octanol–water partition coefficient (Wildman–Crippen LogP) is 5.25. The fraction of sp³-hybridized carbons (Fsp3) is 0.417. The highest BCUT2D eigenvalue weighted by Gasteiger charge is 2.42. The van der Waals surface area contributed by atoms with Gasteiger partial charge in [-0.3, -0.25) is 4.90 Å². The number of ether oxygens (including phenoxy) is 1. The van der Waals surface area contributed by atoms with Gasteiger partial charge in [0.1, 0.15) is 6.04 Å². The summed E-state index contributed by atoms with van der Waals surface area (Å²) >= 11 is 0. The second-order valence-corrected chi connectivity index (χ2v) is 8.05. The van der Waals surface area contributed by atoms with Gasteiger partial charge in [-0.25, -0.2) is 9.59 Å². The summed E-state index contributed by atoms with van der Waals surface area (Å²) in [6.07, 6.45) is 5.38. The van der Waals surface area contributed by atoms with Gasteiger partial charge in [0.15, 0.2) is 0 Å². The zero-order chi connectivity index (χ0) is 20.4. The van der Waals surface area contributed by atoms with E-state index in [9.17, 15) is 14.7 Å². The highest BCUT2D eigenvalue weighted by molar-refractivity contribution is 5.85. The van der Waals surface area contributed by atoms with Crippen LogP contribution in [-0.2, 0) is 9.53 Å². The zero-order valence-corrected chi connectivity index (χ0v) is 16.7. The standard InChI is InChI=1S/C24H27NO4/c1-29-24(28)25(21(23(26)27)15-16-9-3-2-4-10-16)22-19-13-7-5-11-17(19)18-12-6-8-14-20(18)22/h5-8,11-14,16,21-22H,2-4,9-10,15H2,1H3,(H,26,27)/t21-/m0/s1. The van der Waals surface area contributed by atoms with Crippen LogP contribution in [0.25, 0.3) is 11.1 Å². The van der Waals surface area contributed by atoms with Gasteiger partial charge in [0, 0.05) is 0 Å². The summed E-state index contributed by atoms with van der Waals surface area (Å²) in [5, 5.41) is 10.1. The predicted molar refractivity (Wildman–Crippen MR) is 111 cm³/mol. The molecule has 0 aliphatic heterocycles. The number of carbonyl (C=O) groups excluding carboxylic acids is 1. The molecule has 1 N–H and O–H groups in total. The van der Waals surface area contributed by atoms with Crippen LogP contribution >= 0.6 is 0 Å². The summed E-state index contributed by atoms with van der Waals surface area (Å²) < 4.78 is 5.10. The summed E-state index contributed by atoms with van der Waals surface area (Å²) in [6, 6.07) is 14.4. The van der Waals surface area contributed by atoms with Crippen molar-refractivity contribution in [3.63, 3.8) is 0 Å². The fourth-order valence-electron chi connectivity index (χ4n) is 5.02. The van der Waals surface area contributed by atoms with Gasteiger partial charge in [-0.2, -0.15) is 0 Å². The van der Waals surface area contributed by atoms with E-state index >= 15 is 0 Å². The molecule has 0 aromatic heterocycles. The molecule has 29 heavy (non-hydrogen) atoms. The minimum atomic E-state index is -0.970. The first-order valence-corrected chi connectivity index (χ1v) is 10.4. The molecule has 0 radical (unpaired) electrons. The largest absolute Gasteiger partial charge is 0.480 e. The molecular formula is C24H27NO4. The molecule has 0 saturated heterocycles. The summed E-state index contributed by atoms with van der Waals surface area (Å²) in [4.78, 5) is 26.8. The van der Waals surface area contributed by atoms with Gasteiger partial charge in [0.05, 0.1) is 13.2 Å². The van der Waals surface area contributed by atoms with Crippen LogP contribution in [0.4, 0.5) is 4.79 Å². The van der Waals surface area contributed by atoms with Gasteiger partial charge in [0.25, 0.3) is 0 Å². The van der Waals surface area contributed by atoms with Crippen molar-refractivity contribution in [3.05, 3.63) is 59.7 Å². The van der Waals surface area contributed by atoms with Gasteiger partial charge < -0.3 is 9.84 Å². The van der Waals surface area contributed by atoms with Gasteiger partial charge in [-0.1, -0.05) is 80.6 Å². The van der Waals surface area contributed by atoms with Crippen LogP contribution in [0, 0.1) is 5.92 Å². The number of fused-ring (bicyclic) bond motifs is 3. The Balaban J connectivity index is 1.78. The summed E-state index contributed by atoms with van der Waals surface area (Å²) in [5.41, 5.74) is 4.00. The number of amides is 1. The molecule has 1 amide bonds. The Kier molecular flexibility index (Phi) is 5.56. The number of carbonyl (C=O) groups is 2. The number of benzene rings is 2. The van der Waals surface area contributed by atoms with Crippen LogP contribution < -0.4 is 0 Å². The molecule has 0 heterocycles. The lowest BCUT2D eigenvalue weighted by Crippen LogP contribution is -2.48. The maximum Gasteiger partial charge on any atom is 0.411 e. The molecule has 1 saturated carbocycles. The monoisotopic (exact) mass is 393 g/mol. The van der Waals surface area contributed by atoms with Crippen LogP contribution in [0.2, 0.25) is 0 Å². The average molecular weight is 393 g/mol. The van der Waals surface area contributed by atoms with Crippen molar-refractivity contribution in [2.24, 2.45) is 5.92 Å². The van der Waals surface area contributed by atoms with Gasteiger partial charge in [-0.05, 0) is 34.6 Å². The number of rotatable bonds is 5. The number of hydrogen-bond donors (Lipinski definition) is 1. The maximum atomic E-state index is 12.9. The average Bonchev–Trinajstić information content (AvgIpc) is 3.08. The van der Waals surface area contributed by atoms with E-state index in [2.05, 4.69) is 0 Å². The minimum absolute atomic E-state index is 0.323. The highest BCUT2D eigenvalue weighted by atomic mass is 16.5. The second kappa shape index (κ2) is 8.27. The molecule has 5 nitrogen and oxygen atoms in total. The maximum absolute atomic E-state index is 12.9. The first-order chi connectivity index (χ1) is 14.1. The van der Waals surface area contributed by atoms with Gasteiger partial charge >= 0.3 is 12.1 Å². The quantitative estimate of drug-likeness (QED) is 0.753. The lowest BCUT2D eigenvalue weighted by atomic mass is 9.84. The van der Waals surface area contributed by atoms with E-state index in [-0.39, 0.29) is 0 Å². The molecule has 4 rings (SSSR count). The zero-order valence-electron chi connectivity index (χ0n) is 16.7. The lowest BCUT2D eigenvalue weighted by Gasteiger charge is -2.36. The number of methoxy groups -OCH3 is 1. The molecule has 1 fully saturated rings. The molecular weight excluding hydrogens is 366 g/mol. The van der Waals surface area contributed by atoms with Crippen molar-refractivity contribution in [1.82, 2.24) is 4.90 Å². The van der Waals surface area contributed by atoms with Crippen molar-refractivity contribution >= 4 is 12.1 Å². The van der Waals surface area contributed by atoms with E-state index in [0.29, 0.717) is 12.3 Å². The topological polar surface area (TPSA) is 66.8 Å². The Morgan fingerprint density at radius 2 is 1.55 bits per heavy atom. The number of nitrogens with zero attached hydrogens (tertiary/aromatic N) is 1. The number of carboxylic acids is 1. The van der Waals surface area contributed by atoms with Crippen LogP contribution in [0.15, 0.2) is 48.5 Å². The molecule has 0 spiro atoms. The molecule has 2 aromatic carbocycles.